The van der Waals surface area contributed by atoms with Crippen molar-refractivity contribution in [3.05, 3.63) is 75.3 Å². The van der Waals surface area contributed by atoms with Crippen LogP contribution in [0.1, 0.15) is 5.56 Å². The fourth-order valence-electron chi connectivity index (χ4n) is 3.65. The van der Waals surface area contributed by atoms with E-state index in [9.17, 15) is 10.1 Å². The van der Waals surface area contributed by atoms with Crippen molar-refractivity contribution < 1.29 is 9.66 Å². The summed E-state index contributed by atoms with van der Waals surface area (Å²) in [6.45, 7) is 3.25. The molecule has 1 N–H and O–H groups in total. The van der Waals surface area contributed by atoms with Gasteiger partial charge in [0.05, 0.1) is 23.3 Å². The van der Waals surface area contributed by atoms with Crippen LogP contribution >= 0.6 is 11.6 Å². The zero-order chi connectivity index (χ0) is 21.1. The minimum atomic E-state index is -0.499. The Morgan fingerprint density at radius 3 is 2.63 bits per heavy atom. The Balaban J connectivity index is 1.92. The van der Waals surface area contributed by atoms with Crippen molar-refractivity contribution >= 4 is 39.6 Å². The second kappa shape index (κ2) is 8.69. The van der Waals surface area contributed by atoms with E-state index in [0.717, 1.165) is 54.1 Å². The number of hydrogen-bond donors (Lipinski definition) is 1. The van der Waals surface area contributed by atoms with Crippen molar-refractivity contribution in [3.63, 3.8) is 0 Å². The number of nitrogens with zero attached hydrogens (tertiary/aromatic N) is 3. The summed E-state index contributed by atoms with van der Waals surface area (Å²) in [6, 6.07) is 16.6. The van der Waals surface area contributed by atoms with Gasteiger partial charge in [0, 0.05) is 32.2 Å². The van der Waals surface area contributed by atoms with Crippen molar-refractivity contribution in [1.29, 1.82) is 0 Å². The zero-order valence-corrected chi connectivity index (χ0v) is 17.2. The van der Waals surface area contributed by atoms with Crippen LogP contribution in [0.2, 0.25) is 5.02 Å². The van der Waals surface area contributed by atoms with E-state index >= 15 is 0 Å². The summed E-state index contributed by atoms with van der Waals surface area (Å²) in [5, 5.41) is 16.6. The van der Waals surface area contributed by atoms with Gasteiger partial charge in [-0.1, -0.05) is 41.9 Å². The first-order valence-electron chi connectivity index (χ1n) is 9.63. The molecule has 0 aliphatic carbocycles. The first-order valence-corrected chi connectivity index (χ1v) is 10.0. The van der Waals surface area contributed by atoms with Gasteiger partial charge in [-0.2, -0.15) is 0 Å². The number of methoxy groups -OCH3 is 1. The molecule has 7 nitrogen and oxygen atoms in total. The zero-order valence-electron chi connectivity index (χ0n) is 16.5. The van der Waals surface area contributed by atoms with Crippen LogP contribution in [0.15, 0.2) is 59.6 Å². The van der Waals surface area contributed by atoms with E-state index in [-0.39, 0.29) is 10.7 Å². The number of ether oxygens (including phenoxy) is 1. The van der Waals surface area contributed by atoms with Crippen molar-refractivity contribution in [2.24, 2.45) is 4.99 Å². The largest absolute Gasteiger partial charge is 0.496 e. The van der Waals surface area contributed by atoms with E-state index in [4.69, 9.17) is 21.3 Å². The molecule has 0 saturated carbocycles. The number of benzene rings is 3. The molecule has 8 heteroatoms. The maximum Gasteiger partial charge on any atom is 0.288 e. The highest BCUT2D eigenvalue weighted by Crippen LogP contribution is 2.33. The second-order valence-corrected chi connectivity index (χ2v) is 7.34. The standard InChI is InChI=1S/C22H21ClN4O3/c1-30-20-9-6-15-4-2-3-5-17(15)21(20)22(26-12-10-24-11-13-26)25-16-7-8-19(27(28)29)18(23)14-16/h2-9,14,24H,10-13H2,1H3. The Morgan fingerprint density at radius 1 is 1.17 bits per heavy atom. The maximum atomic E-state index is 11.1. The summed E-state index contributed by atoms with van der Waals surface area (Å²) < 4.78 is 5.70. The lowest BCUT2D eigenvalue weighted by Gasteiger charge is -2.31. The molecule has 30 heavy (non-hydrogen) atoms. The summed E-state index contributed by atoms with van der Waals surface area (Å²) in [7, 11) is 1.64. The molecule has 0 spiro atoms. The number of amidine groups is 1. The van der Waals surface area contributed by atoms with Crippen LogP contribution in [0.5, 0.6) is 5.75 Å². The minimum absolute atomic E-state index is 0.0609. The lowest BCUT2D eigenvalue weighted by Crippen LogP contribution is -2.46. The van der Waals surface area contributed by atoms with Crippen LogP contribution in [-0.4, -0.2) is 48.9 Å². The van der Waals surface area contributed by atoms with Crippen LogP contribution in [0.3, 0.4) is 0 Å². The Labute approximate surface area is 179 Å². The molecule has 3 aromatic carbocycles. The third kappa shape index (κ3) is 3.94. The van der Waals surface area contributed by atoms with Gasteiger partial charge in [-0.05, 0) is 29.0 Å². The van der Waals surface area contributed by atoms with Gasteiger partial charge in [0.15, 0.2) is 0 Å². The van der Waals surface area contributed by atoms with Gasteiger partial charge in [-0.3, -0.25) is 10.1 Å². The third-order valence-corrected chi connectivity index (χ3v) is 5.42. The van der Waals surface area contributed by atoms with Crippen LogP contribution < -0.4 is 10.1 Å². The SMILES string of the molecule is COc1ccc2ccccc2c1C(=Nc1ccc([N+](=O)[O-])c(Cl)c1)N1CCNCC1. The molecule has 1 aliphatic heterocycles. The predicted octanol–water partition coefficient (Wildman–Crippen LogP) is 4.39. The predicted molar refractivity (Wildman–Crippen MR) is 119 cm³/mol. The third-order valence-electron chi connectivity index (χ3n) is 5.11. The number of nitro groups is 1. The molecule has 3 aromatic rings. The normalized spacial score (nSPS) is 14.7. The molecule has 0 unspecified atom stereocenters. The molecule has 1 fully saturated rings. The minimum Gasteiger partial charge on any atom is -0.496 e. The Hall–Kier alpha value is -3.16. The average molecular weight is 425 g/mol. The van der Waals surface area contributed by atoms with Gasteiger partial charge in [0.25, 0.3) is 5.69 Å². The molecule has 154 valence electrons. The first kappa shape index (κ1) is 20.1. The molecular formula is C22H21ClN4O3. The summed E-state index contributed by atoms with van der Waals surface area (Å²) in [5.74, 6) is 1.48. The number of nitrogens with one attached hydrogen (secondary N) is 1. The molecule has 1 heterocycles. The van der Waals surface area contributed by atoms with E-state index in [1.165, 1.54) is 12.1 Å². The van der Waals surface area contributed by atoms with Crippen LogP contribution in [0.25, 0.3) is 10.8 Å². The molecule has 0 radical (unpaired) electrons. The van der Waals surface area contributed by atoms with Crippen LogP contribution in [-0.2, 0) is 0 Å². The lowest BCUT2D eigenvalue weighted by atomic mass is 10.0. The van der Waals surface area contributed by atoms with Gasteiger partial charge < -0.3 is 15.0 Å². The van der Waals surface area contributed by atoms with Crippen LogP contribution in [0, 0.1) is 10.1 Å². The van der Waals surface area contributed by atoms with Crippen molar-refractivity contribution in [3.8, 4) is 5.75 Å². The molecule has 4 rings (SSSR count). The van der Waals surface area contributed by atoms with Gasteiger partial charge >= 0.3 is 0 Å². The molecule has 0 atom stereocenters. The topological polar surface area (TPSA) is 80.0 Å². The lowest BCUT2D eigenvalue weighted by molar-refractivity contribution is -0.384. The fourth-order valence-corrected chi connectivity index (χ4v) is 3.89. The number of nitro benzene ring substituents is 1. The highest BCUT2D eigenvalue weighted by atomic mass is 35.5. The van der Waals surface area contributed by atoms with Gasteiger partial charge in [0.2, 0.25) is 0 Å². The van der Waals surface area contributed by atoms with E-state index in [2.05, 4.69) is 16.3 Å². The number of piperazine rings is 1. The number of hydrogen-bond acceptors (Lipinski definition) is 5. The number of rotatable bonds is 4. The highest BCUT2D eigenvalue weighted by molar-refractivity contribution is 6.33. The Morgan fingerprint density at radius 2 is 1.93 bits per heavy atom. The molecule has 1 saturated heterocycles. The highest BCUT2D eigenvalue weighted by Gasteiger charge is 2.23. The van der Waals surface area contributed by atoms with Gasteiger partial charge in [0.1, 0.15) is 16.6 Å². The van der Waals surface area contributed by atoms with E-state index in [0.29, 0.717) is 5.69 Å². The van der Waals surface area contributed by atoms with Crippen molar-refractivity contribution in [1.82, 2.24) is 10.2 Å². The number of fused-ring (bicyclic) bond motifs is 1. The second-order valence-electron chi connectivity index (χ2n) is 6.93. The first-order chi connectivity index (χ1) is 14.6. The van der Waals surface area contributed by atoms with Crippen molar-refractivity contribution in [2.45, 2.75) is 0 Å². The Kier molecular flexibility index (Phi) is 5.83. The molecular weight excluding hydrogens is 404 g/mol. The fraction of sp³-hybridized carbons (Fsp3) is 0.227. The quantitative estimate of drug-likeness (QED) is 0.291. The summed E-state index contributed by atoms with van der Waals surface area (Å²) >= 11 is 6.13. The van der Waals surface area contributed by atoms with E-state index in [1.807, 2.05) is 30.3 Å². The number of halogens is 1. The summed E-state index contributed by atoms with van der Waals surface area (Å²) in [4.78, 5) is 17.7. The maximum absolute atomic E-state index is 11.1. The summed E-state index contributed by atoms with van der Waals surface area (Å²) in [6.07, 6.45) is 0. The molecule has 1 aliphatic rings. The number of aliphatic imine (C=N–C) groups is 1. The molecule has 0 bridgehead atoms. The van der Waals surface area contributed by atoms with Crippen LogP contribution in [0.4, 0.5) is 11.4 Å². The van der Waals surface area contributed by atoms with Gasteiger partial charge in [-0.25, -0.2) is 4.99 Å². The van der Waals surface area contributed by atoms with Crippen molar-refractivity contribution in [2.75, 3.05) is 33.3 Å². The monoisotopic (exact) mass is 424 g/mol. The molecule has 0 amide bonds. The average Bonchev–Trinajstić information content (AvgIpc) is 2.77. The van der Waals surface area contributed by atoms with Gasteiger partial charge in [-0.15, -0.1) is 0 Å². The van der Waals surface area contributed by atoms with E-state index in [1.54, 1.807) is 13.2 Å². The molecule has 0 aromatic heterocycles. The summed E-state index contributed by atoms with van der Waals surface area (Å²) in [5.41, 5.74) is 1.31. The Bertz CT molecular complexity index is 1130. The van der Waals surface area contributed by atoms with E-state index < -0.39 is 4.92 Å². The smallest absolute Gasteiger partial charge is 0.288 e.